The molecule has 2 aromatic carbocycles. The third kappa shape index (κ3) is 4.07. The summed E-state index contributed by atoms with van der Waals surface area (Å²) in [6.45, 7) is 1.26. The summed E-state index contributed by atoms with van der Waals surface area (Å²) in [4.78, 5) is 0. The maximum atomic E-state index is 5.86. The molecule has 0 radical (unpaired) electrons. The molecular weight excluding hydrogens is 384 g/mol. The van der Waals surface area contributed by atoms with Gasteiger partial charge in [-0.05, 0) is 47.6 Å². The largest absolute Gasteiger partial charge is 0.493 e. The van der Waals surface area contributed by atoms with Gasteiger partial charge in [-0.3, -0.25) is 0 Å². The minimum Gasteiger partial charge on any atom is -0.493 e. The van der Waals surface area contributed by atoms with Gasteiger partial charge in [0, 0.05) is 32.3 Å². The van der Waals surface area contributed by atoms with E-state index in [0.717, 1.165) is 29.0 Å². The Kier molecular flexibility index (Phi) is 7.45. The lowest BCUT2D eigenvalue weighted by Gasteiger charge is -2.40. The first-order valence-electron chi connectivity index (χ1n) is 10.1. The van der Waals surface area contributed by atoms with Crippen molar-refractivity contribution in [3.05, 3.63) is 47.0 Å². The number of ether oxygens (including phenoxy) is 6. The molecule has 0 N–H and O–H groups in total. The van der Waals surface area contributed by atoms with Gasteiger partial charge in [0.25, 0.3) is 0 Å². The van der Waals surface area contributed by atoms with Crippen molar-refractivity contribution in [3.8, 4) is 23.0 Å². The Morgan fingerprint density at radius 3 is 2.00 bits per heavy atom. The second-order valence-corrected chi connectivity index (χ2v) is 7.50. The fourth-order valence-electron chi connectivity index (χ4n) is 4.71. The van der Waals surface area contributed by atoms with E-state index in [2.05, 4.69) is 12.1 Å². The summed E-state index contributed by atoms with van der Waals surface area (Å²) in [5, 5.41) is 0. The topological polar surface area (TPSA) is 55.4 Å². The molecular formula is C24H32O6. The molecule has 0 saturated heterocycles. The highest BCUT2D eigenvalue weighted by Gasteiger charge is 2.40. The molecule has 0 aliphatic heterocycles. The molecule has 6 heteroatoms. The third-order valence-corrected chi connectivity index (χ3v) is 6.01. The van der Waals surface area contributed by atoms with Gasteiger partial charge in [-0.1, -0.05) is 12.1 Å². The Bertz CT molecular complexity index is 850. The maximum Gasteiger partial charge on any atom is 0.164 e. The summed E-state index contributed by atoms with van der Waals surface area (Å²) in [6, 6.07) is 10.2. The highest BCUT2D eigenvalue weighted by molar-refractivity contribution is 5.58. The van der Waals surface area contributed by atoms with Gasteiger partial charge in [-0.2, -0.15) is 0 Å². The van der Waals surface area contributed by atoms with Crippen LogP contribution in [0.15, 0.2) is 30.3 Å². The lowest BCUT2D eigenvalue weighted by Crippen LogP contribution is -2.36. The summed E-state index contributed by atoms with van der Waals surface area (Å²) in [6.07, 6.45) is 0.890. The van der Waals surface area contributed by atoms with Gasteiger partial charge in [-0.15, -0.1) is 0 Å². The molecule has 0 heterocycles. The highest BCUT2D eigenvalue weighted by Crippen LogP contribution is 2.51. The van der Waals surface area contributed by atoms with E-state index in [1.807, 2.05) is 18.2 Å². The van der Waals surface area contributed by atoms with Gasteiger partial charge in [-0.25, -0.2) is 0 Å². The molecule has 0 saturated carbocycles. The zero-order valence-electron chi connectivity index (χ0n) is 18.7. The number of hydrogen-bond donors (Lipinski definition) is 0. The Morgan fingerprint density at radius 2 is 1.40 bits per heavy atom. The fraction of sp³-hybridized carbons (Fsp3) is 0.500. The Hall–Kier alpha value is -2.44. The van der Waals surface area contributed by atoms with E-state index in [0.29, 0.717) is 30.6 Å². The van der Waals surface area contributed by atoms with E-state index in [1.165, 1.54) is 5.56 Å². The number of rotatable bonds is 9. The van der Waals surface area contributed by atoms with Gasteiger partial charge in [0.1, 0.15) is 0 Å². The molecule has 6 nitrogen and oxygen atoms in total. The predicted molar refractivity (Wildman–Crippen MR) is 115 cm³/mol. The quantitative estimate of drug-likeness (QED) is 0.617. The average Bonchev–Trinajstić information content (AvgIpc) is 2.78. The summed E-state index contributed by atoms with van der Waals surface area (Å²) >= 11 is 0. The molecule has 1 aliphatic carbocycles. The summed E-state index contributed by atoms with van der Waals surface area (Å²) in [7, 11) is 10.1. The fourth-order valence-corrected chi connectivity index (χ4v) is 4.71. The first-order chi connectivity index (χ1) is 14.6. The predicted octanol–water partition coefficient (Wildman–Crippen LogP) is 3.93. The lowest BCUT2D eigenvalue weighted by molar-refractivity contribution is 0.0560. The smallest absolute Gasteiger partial charge is 0.164 e. The van der Waals surface area contributed by atoms with Crippen molar-refractivity contribution < 1.29 is 28.4 Å². The van der Waals surface area contributed by atoms with Crippen LogP contribution in [0.5, 0.6) is 23.0 Å². The molecule has 1 aliphatic rings. The normalized spacial score (nSPS) is 20.4. The van der Waals surface area contributed by atoms with Crippen LogP contribution in [0.2, 0.25) is 0 Å². The number of fused-ring (bicyclic) bond motifs is 1. The monoisotopic (exact) mass is 416 g/mol. The maximum absolute atomic E-state index is 5.86. The van der Waals surface area contributed by atoms with Crippen LogP contribution in [0, 0.1) is 11.8 Å². The molecule has 0 aromatic heterocycles. The zero-order chi connectivity index (χ0) is 21.7. The summed E-state index contributed by atoms with van der Waals surface area (Å²) in [5.74, 6) is 3.42. The summed E-state index contributed by atoms with van der Waals surface area (Å²) < 4.78 is 33.8. The molecule has 0 amide bonds. The first-order valence-corrected chi connectivity index (χ1v) is 10.1. The second kappa shape index (κ2) is 10.0. The van der Waals surface area contributed by atoms with Crippen LogP contribution in [0.4, 0.5) is 0 Å². The van der Waals surface area contributed by atoms with E-state index in [-0.39, 0.29) is 11.8 Å². The van der Waals surface area contributed by atoms with Crippen molar-refractivity contribution in [1.82, 2.24) is 0 Å². The Balaban J connectivity index is 2.25. The van der Waals surface area contributed by atoms with Crippen LogP contribution >= 0.6 is 0 Å². The molecule has 3 rings (SSSR count). The minimum atomic E-state index is 0.0266. The molecule has 0 fully saturated rings. The lowest BCUT2D eigenvalue weighted by atomic mass is 9.66. The Morgan fingerprint density at radius 1 is 0.733 bits per heavy atom. The van der Waals surface area contributed by atoms with Gasteiger partial charge in [0.2, 0.25) is 0 Å². The van der Waals surface area contributed by atoms with Crippen molar-refractivity contribution in [1.29, 1.82) is 0 Å². The van der Waals surface area contributed by atoms with Crippen molar-refractivity contribution in [3.63, 3.8) is 0 Å². The van der Waals surface area contributed by atoms with Crippen LogP contribution in [-0.2, 0) is 15.9 Å². The van der Waals surface area contributed by atoms with E-state index in [9.17, 15) is 0 Å². The van der Waals surface area contributed by atoms with Gasteiger partial charge in [0.05, 0.1) is 35.0 Å². The molecule has 0 unspecified atom stereocenters. The molecule has 164 valence electrons. The standard InChI is InChI=1S/C24H32O6/c1-25-13-17-11-15-8-10-20(28-4)24(30-6)23(15)22(18(17)14-26-2)16-7-9-19(27-3)21(12-16)29-5/h7-10,12,17-18,22H,11,13-14H2,1-6H3/t17-,18-,22+/m1/s1. The highest BCUT2D eigenvalue weighted by atomic mass is 16.5. The first kappa shape index (κ1) is 22.2. The number of hydrogen-bond acceptors (Lipinski definition) is 6. The van der Waals surface area contributed by atoms with Crippen molar-refractivity contribution in [2.24, 2.45) is 11.8 Å². The van der Waals surface area contributed by atoms with E-state index in [4.69, 9.17) is 28.4 Å². The van der Waals surface area contributed by atoms with E-state index >= 15 is 0 Å². The van der Waals surface area contributed by atoms with Crippen LogP contribution in [-0.4, -0.2) is 55.9 Å². The number of methoxy groups -OCH3 is 6. The Labute approximate surface area is 179 Å². The van der Waals surface area contributed by atoms with Crippen molar-refractivity contribution in [2.45, 2.75) is 12.3 Å². The van der Waals surface area contributed by atoms with Crippen LogP contribution < -0.4 is 18.9 Å². The van der Waals surface area contributed by atoms with Gasteiger partial charge in [0.15, 0.2) is 23.0 Å². The van der Waals surface area contributed by atoms with Crippen LogP contribution in [0.1, 0.15) is 22.6 Å². The van der Waals surface area contributed by atoms with E-state index in [1.54, 1.807) is 42.7 Å². The molecule has 3 atom stereocenters. The van der Waals surface area contributed by atoms with Crippen LogP contribution in [0.25, 0.3) is 0 Å². The molecule has 0 bridgehead atoms. The van der Waals surface area contributed by atoms with Gasteiger partial charge >= 0.3 is 0 Å². The van der Waals surface area contributed by atoms with Crippen molar-refractivity contribution >= 4 is 0 Å². The van der Waals surface area contributed by atoms with Crippen molar-refractivity contribution in [2.75, 3.05) is 55.9 Å². The SMILES string of the molecule is COC[C@H]1Cc2ccc(OC)c(OC)c2[C@@H](c2ccc(OC)c(OC)c2)[C@@H]1COC. The van der Waals surface area contributed by atoms with Gasteiger partial charge < -0.3 is 28.4 Å². The summed E-state index contributed by atoms with van der Waals surface area (Å²) in [5.41, 5.74) is 3.49. The van der Waals surface area contributed by atoms with Crippen LogP contribution in [0.3, 0.4) is 0 Å². The number of benzene rings is 2. The van der Waals surface area contributed by atoms with E-state index < -0.39 is 0 Å². The third-order valence-electron chi connectivity index (χ3n) is 6.01. The molecule has 0 spiro atoms. The zero-order valence-corrected chi connectivity index (χ0v) is 18.7. The minimum absolute atomic E-state index is 0.0266. The molecule has 2 aromatic rings. The average molecular weight is 417 g/mol. The molecule has 30 heavy (non-hydrogen) atoms. The second-order valence-electron chi connectivity index (χ2n) is 7.50.